The molecule has 2 aromatic heterocycles. The van der Waals surface area contributed by atoms with Crippen LogP contribution in [0.15, 0.2) is 60.5 Å². The monoisotopic (exact) mass is 467 g/mol. The molecule has 1 aromatic carbocycles. The van der Waals surface area contributed by atoms with Gasteiger partial charge in [-0.1, -0.05) is 24.3 Å². The number of hydrogen-bond donors (Lipinski definition) is 2. The van der Waals surface area contributed by atoms with E-state index in [1.807, 2.05) is 23.0 Å². The molecule has 4 rings (SSSR count). The maximum atomic E-state index is 11.0. The third kappa shape index (κ3) is 5.20. The molecule has 0 radical (unpaired) electrons. The molecule has 11 nitrogen and oxygen atoms in total. The van der Waals surface area contributed by atoms with Gasteiger partial charge >= 0.3 is 11.9 Å². The predicted molar refractivity (Wildman–Crippen MR) is 123 cm³/mol. The van der Waals surface area contributed by atoms with Crippen LogP contribution in [0, 0.1) is 15.5 Å². The SMILES string of the molecule is CC(C)n1ccc(Cn2ncc3c([N+](=O)[O-])cccc32)n1.CC1(C(=O)O)C=CC=C(C(=O)O)C1. The molecular formula is C23H25N5O6. The molecule has 1 aliphatic carbocycles. The van der Waals surface area contributed by atoms with Gasteiger partial charge in [0.25, 0.3) is 5.69 Å². The van der Waals surface area contributed by atoms with Crippen molar-refractivity contribution in [2.24, 2.45) is 5.41 Å². The molecule has 11 heteroatoms. The van der Waals surface area contributed by atoms with Crippen molar-refractivity contribution in [3.8, 4) is 0 Å². The standard InChI is InChI=1S/C14H15N5O2.C9H10O4/c1-10(2)17-7-6-11(16-17)9-18-13-4-3-5-14(19(20)21)12(13)8-15-18;1-9(8(12)13)4-2-3-6(5-9)7(10)11/h3-8,10H,9H2,1-2H3;2-4H,5H2,1H3,(H,10,11)(H,12,13). The Balaban J connectivity index is 0.000000215. The van der Waals surface area contributed by atoms with Crippen molar-refractivity contribution in [1.29, 1.82) is 0 Å². The van der Waals surface area contributed by atoms with E-state index in [9.17, 15) is 19.7 Å². The molecule has 2 N–H and O–H groups in total. The van der Waals surface area contributed by atoms with E-state index in [2.05, 4.69) is 24.0 Å². The molecule has 0 spiro atoms. The highest BCUT2D eigenvalue weighted by atomic mass is 16.6. The minimum atomic E-state index is -1.08. The highest BCUT2D eigenvalue weighted by Crippen LogP contribution is 2.31. The van der Waals surface area contributed by atoms with Crippen LogP contribution in [-0.4, -0.2) is 46.6 Å². The second-order valence-corrected chi connectivity index (χ2v) is 8.41. The summed E-state index contributed by atoms with van der Waals surface area (Å²) < 4.78 is 3.61. The fraction of sp³-hybridized carbons (Fsp3) is 0.304. The zero-order valence-corrected chi connectivity index (χ0v) is 19.0. The Kier molecular flexibility index (Phi) is 6.94. The van der Waals surface area contributed by atoms with E-state index in [-0.39, 0.29) is 22.6 Å². The lowest BCUT2D eigenvalue weighted by Gasteiger charge is -2.23. The van der Waals surface area contributed by atoms with Gasteiger partial charge in [0.2, 0.25) is 0 Å². The van der Waals surface area contributed by atoms with Gasteiger partial charge in [0, 0.05) is 23.9 Å². The molecule has 0 saturated carbocycles. The number of aromatic nitrogens is 4. The molecule has 0 amide bonds. The predicted octanol–water partition coefficient (Wildman–Crippen LogP) is 3.82. The summed E-state index contributed by atoms with van der Waals surface area (Å²) >= 11 is 0. The number of allylic oxidation sites excluding steroid dienone is 2. The summed E-state index contributed by atoms with van der Waals surface area (Å²) in [6.45, 7) is 6.11. The summed E-state index contributed by atoms with van der Waals surface area (Å²) in [5.74, 6) is -2.06. The molecule has 3 aromatic rings. The number of aliphatic carboxylic acids is 2. The maximum Gasteiger partial charge on any atom is 0.331 e. The van der Waals surface area contributed by atoms with E-state index in [1.165, 1.54) is 37.4 Å². The summed E-state index contributed by atoms with van der Waals surface area (Å²) in [6, 6.07) is 7.22. The lowest BCUT2D eigenvalue weighted by atomic mass is 9.80. The number of carboxylic acid groups (broad SMARTS) is 2. The van der Waals surface area contributed by atoms with E-state index in [1.54, 1.807) is 10.7 Å². The average Bonchev–Trinajstić information content (AvgIpc) is 3.42. The zero-order chi connectivity index (χ0) is 25.0. The van der Waals surface area contributed by atoms with E-state index < -0.39 is 17.4 Å². The second-order valence-electron chi connectivity index (χ2n) is 8.41. The first-order valence-corrected chi connectivity index (χ1v) is 10.5. The van der Waals surface area contributed by atoms with Crippen molar-refractivity contribution >= 4 is 28.5 Å². The quantitative estimate of drug-likeness (QED) is 0.410. The normalized spacial score (nSPS) is 17.2. The summed E-state index contributed by atoms with van der Waals surface area (Å²) in [5, 5.41) is 37.8. The minimum absolute atomic E-state index is 0.0359. The molecule has 2 heterocycles. The maximum absolute atomic E-state index is 11.0. The van der Waals surface area contributed by atoms with Crippen molar-refractivity contribution in [2.45, 2.75) is 39.8 Å². The van der Waals surface area contributed by atoms with Gasteiger partial charge in [-0.25, -0.2) is 4.79 Å². The minimum Gasteiger partial charge on any atom is -0.481 e. The van der Waals surface area contributed by atoms with E-state index in [0.29, 0.717) is 18.0 Å². The van der Waals surface area contributed by atoms with Crippen molar-refractivity contribution < 1.29 is 24.7 Å². The number of nitro groups is 1. The number of carboxylic acids is 2. The number of non-ortho nitro benzene ring substituents is 1. The zero-order valence-electron chi connectivity index (χ0n) is 19.0. The number of nitrogens with zero attached hydrogens (tertiary/aromatic N) is 5. The Morgan fingerprint density at radius 1 is 1.26 bits per heavy atom. The van der Waals surface area contributed by atoms with Crippen molar-refractivity contribution in [3.63, 3.8) is 0 Å². The lowest BCUT2D eigenvalue weighted by molar-refractivity contribution is -0.383. The Morgan fingerprint density at radius 3 is 2.59 bits per heavy atom. The van der Waals surface area contributed by atoms with Crippen molar-refractivity contribution in [2.75, 3.05) is 0 Å². The number of hydrogen-bond acceptors (Lipinski definition) is 6. The van der Waals surface area contributed by atoms with Crippen LogP contribution in [0.3, 0.4) is 0 Å². The first-order chi connectivity index (χ1) is 16.0. The topological polar surface area (TPSA) is 153 Å². The lowest BCUT2D eigenvalue weighted by Crippen LogP contribution is -2.28. The third-order valence-electron chi connectivity index (χ3n) is 5.45. The molecular weight excluding hydrogens is 442 g/mol. The van der Waals surface area contributed by atoms with Gasteiger partial charge in [0.15, 0.2) is 0 Å². The van der Waals surface area contributed by atoms with Crippen LogP contribution in [0.4, 0.5) is 5.69 Å². The first kappa shape index (κ1) is 24.4. The van der Waals surface area contributed by atoms with Crippen LogP contribution >= 0.6 is 0 Å². The molecule has 0 saturated heterocycles. The summed E-state index contributed by atoms with van der Waals surface area (Å²) in [5.41, 5.74) is 0.741. The molecule has 0 aliphatic heterocycles. The number of nitro benzene ring substituents is 1. The van der Waals surface area contributed by atoms with Crippen LogP contribution < -0.4 is 0 Å². The first-order valence-electron chi connectivity index (χ1n) is 10.5. The average molecular weight is 467 g/mol. The van der Waals surface area contributed by atoms with Crippen molar-refractivity contribution in [3.05, 3.63) is 76.3 Å². The van der Waals surface area contributed by atoms with Gasteiger partial charge < -0.3 is 10.2 Å². The Labute approximate surface area is 194 Å². The fourth-order valence-electron chi connectivity index (χ4n) is 3.46. The number of rotatable bonds is 6. The van der Waals surface area contributed by atoms with Crippen LogP contribution in [0.5, 0.6) is 0 Å². The highest BCUT2D eigenvalue weighted by Gasteiger charge is 2.34. The number of benzene rings is 1. The smallest absolute Gasteiger partial charge is 0.331 e. The molecule has 0 bridgehead atoms. The van der Waals surface area contributed by atoms with E-state index in [4.69, 9.17) is 10.2 Å². The van der Waals surface area contributed by atoms with E-state index >= 15 is 0 Å². The molecule has 1 aliphatic rings. The molecule has 0 fully saturated rings. The number of carbonyl (C=O) groups is 2. The molecule has 34 heavy (non-hydrogen) atoms. The van der Waals surface area contributed by atoms with Crippen LogP contribution in [-0.2, 0) is 16.1 Å². The van der Waals surface area contributed by atoms with Gasteiger partial charge in [-0.05, 0) is 39.3 Å². The van der Waals surface area contributed by atoms with Gasteiger partial charge in [-0.2, -0.15) is 10.2 Å². The van der Waals surface area contributed by atoms with E-state index in [0.717, 1.165) is 11.2 Å². The highest BCUT2D eigenvalue weighted by molar-refractivity contribution is 5.90. The van der Waals surface area contributed by atoms with Crippen LogP contribution in [0.25, 0.3) is 10.9 Å². The molecule has 1 atom stereocenters. The Hall–Kier alpha value is -4.28. The molecule has 1 unspecified atom stereocenters. The van der Waals surface area contributed by atoms with Gasteiger partial charge in [0.1, 0.15) is 0 Å². The Morgan fingerprint density at radius 2 is 2.00 bits per heavy atom. The fourth-order valence-corrected chi connectivity index (χ4v) is 3.46. The largest absolute Gasteiger partial charge is 0.481 e. The number of fused-ring (bicyclic) bond motifs is 1. The summed E-state index contributed by atoms with van der Waals surface area (Å²) in [6.07, 6.45) is 7.89. The van der Waals surface area contributed by atoms with Crippen LogP contribution in [0.1, 0.15) is 38.9 Å². The van der Waals surface area contributed by atoms with Crippen LogP contribution in [0.2, 0.25) is 0 Å². The van der Waals surface area contributed by atoms with Gasteiger partial charge in [-0.15, -0.1) is 0 Å². The van der Waals surface area contributed by atoms with Crippen molar-refractivity contribution in [1.82, 2.24) is 19.6 Å². The molecule has 178 valence electrons. The third-order valence-corrected chi connectivity index (χ3v) is 5.45. The second kappa shape index (κ2) is 9.69. The summed E-state index contributed by atoms with van der Waals surface area (Å²) in [7, 11) is 0. The van der Waals surface area contributed by atoms with Gasteiger partial charge in [-0.3, -0.25) is 24.3 Å². The Bertz CT molecular complexity index is 1300. The van der Waals surface area contributed by atoms with Gasteiger partial charge in [0.05, 0.1) is 39.7 Å². The summed E-state index contributed by atoms with van der Waals surface area (Å²) in [4.78, 5) is 32.0.